The number of rotatable bonds is 5. The van der Waals surface area contributed by atoms with Crippen molar-refractivity contribution in [3.8, 4) is 0 Å². The van der Waals surface area contributed by atoms with Crippen LogP contribution in [0.3, 0.4) is 0 Å². The molecular weight excluding hydrogens is 305 g/mol. The van der Waals surface area contributed by atoms with Crippen molar-refractivity contribution in [2.75, 3.05) is 5.48 Å². The van der Waals surface area contributed by atoms with Crippen LogP contribution in [0.5, 0.6) is 0 Å². The van der Waals surface area contributed by atoms with Crippen molar-refractivity contribution in [1.29, 1.82) is 0 Å². The molecule has 1 fully saturated rings. The van der Waals surface area contributed by atoms with Crippen molar-refractivity contribution >= 4 is 30.5 Å². The Bertz CT molecular complexity index is 588. The minimum absolute atomic E-state index is 0.0176. The lowest BCUT2D eigenvalue weighted by molar-refractivity contribution is -0.149. The highest BCUT2D eigenvalue weighted by Gasteiger charge is 2.51. The van der Waals surface area contributed by atoms with E-state index in [2.05, 4.69) is 20.3 Å². The number of carboxylic acids is 1. The molecule has 124 valence electrons. The van der Waals surface area contributed by atoms with E-state index in [0.29, 0.717) is 5.46 Å². The van der Waals surface area contributed by atoms with Crippen LogP contribution in [-0.4, -0.2) is 45.3 Å². The average molecular weight is 323 g/mol. The van der Waals surface area contributed by atoms with E-state index in [1.807, 2.05) is 27.7 Å². The molecule has 0 saturated carbocycles. The first kappa shape index (κ1) is 17.2. The second-order valence-corrected chi connectivity index (χ2v) is 6.07. The van der Waals surface area contributed by atoms with Crippen LogP contribution in [0.4, 0.5) is 5.95 Å². The Balaban J connectivity index is 1.96. The van der Waals surface area contributed by atoms with Crippen molar-refractivity contribution in [3.05, 3.63) is 12.4 Å². The minimum Gasteiger partial charge on any atom is -0.481 e. The fourth-order valence-corrected chi connectivity index (χ4v) is 1.75. The number of carbonyl (C=O) groups is 2. The Morgan fingerprint density at radius 2 is 1.74 bits per heavy atom. The first-order chi connectivity index (χ1) is 10.6. The first-order valence-electron chi connectivity index (χ1n) is 6.96. The molecule has 1 aromatic rings. The van der Waals surface area contributed by atoms with Crippen molar-refractivity contribution < 1.29 is 28.8 Å². The van der Waals surface area contributed by atoms with E-state index < -0.39 is 36.7 Å². The van der Waals surface area contributed by atoms with Gasteiger partial charge in [0, 0.05) is 17.9 Å². The lowest BCUT2D eigenvalue weighted by Crippen LogP contribution is -2.41. The van der Waals surface area contributed by atoms with Gasteiger partial charge in [-0.1, -0.05) is 0 Å². The molecule has 1 saturated heterocycles. The van der Waals surface area contributed by atoms with E-state index in [4.69, 9.17) is 14.4 Å². The van der Waals surface area contributed by atoms with E-state index in [9.17, 15) is 9.59 Å². The zero-order chi connectivity index (χ0) is 17.3. The number of nitrogens with one attached hydrogen (secondary N) is 1. The van der Waals surface area contributed by atoms with Crippen LogP contribution in [0, 0.1) is 0 Å². The predicted octanol–water partition coefficient (Wildman–Crippen LogP) is 0.121. The van der Waals surface area contributed by atoms with Gasteiger partial charge >= 0.3 is 19.1 Å². The van der Waals surface area contributed by atoms with Gasteiger partial charge in [0.05, 0.1) is 11.2 Å². The Labute approximate surface area is 133 Å². The van der Waals surface area contributed by atoms with Crippen LogP contribution >= 0.6 is 0 Å². The fraction of sp³-hybridized carbons (Fsp3) is 0.538. The number of hydrogen-bond acceptors (Lipinski definition) is 8. The Morgan fingerprint density at radius 3 is 2.22 bits per heavy atom. The molecule has 1 aromatic heterocycles. The number of aliphatic carboxylic acids is 1. The Kier molecular flexibility index (Phi) is 4.57. The van der Waals surface area contributed by atoms with Gasteiger partial charge < -0.3 is 19.3 Å². The predicted molar refractivity (Wildman–Crippen MR) is 79.7 cm³/mol. The summed E-state index contributed by atoms with van der Waals surface area (Å²) < 4.78 is 11.7. The third-order valence-corrected chi connectivity index (χ3v) is 3.75. The smallest absolute Gasteiger partial charge is 0.481 e. The van der Waals surface area contributed by atoms with Crippen LogP contribution in [0.25, 0.3) is 0 Å². The molecule has 23 heavy (non-hydrogen) atoms. The molecule has 2 heterocycles. The van der Waals surface area contributed by atoms with Crippen LogP contribution < -0.4 is 10.9 Å². The normalized spacial score (nSPS) is 18.5. The van der Waals surface area contributed by atoms with Gasteiger partial charge in [0.15, 0.2) is 0 Å². The van der Waals surface area contributed by atoms with Gasteiger partial charge in [0.25, 0.3) is 5.95 Å². The van der Waals surface area contributed by atoms with Gasteiger partial charge in [-0.25, -0.2) is 14.8 Å². The number of carboxylic acid groups (broad SMARTS) is 1. The maximum absolute atomic E-state index is 11.1. The molecule has 0 aliphatic carbocycles. The number of anilines is 1. The molecule has 2 rings (SSSR count). The van der Waals surface area contributed by atoms with E-state index >= 15 is 0 Å². The summed E-state index contributed by atoms with van der Waals surface area (Å²) in [6, 6.07) is 0. The molecule has 9 nitrogen and oxygen atoms in total. The summed E-state index contributed by atoms with van der Waals surface area (Å²) in [4.78, 5) is 33.9. The number of aromatic nitrogens is 2. The number of nitrogens with zero attached hydrogens (tertiary/aromatic N) is 2. The molecule has 0 bridgehead atoms. The quantitative estimate of drug-likeness (QED) is 0.442. The molecule has 0 spiro atoms. The highest BCUT2D eigenvalue weighted by molar-refractivity contribution is 6.61. The van der Waals surface area contributed by atoms with Gasteiger partial charge in [-0.2, -0.15) is 5.48 Å². The maximum Gasteiger partial charge on any atom is 0.498 e. The standard InChI is InChI=1S/C13H18BN3O6/c1-12(2)13(3,4)23-14(22-12)8-6-15-11(16-7-8)17-21-10(20)5-9(18)19/h6-7H,5H2,1-4H3,(H,18,19)(H,15,16,17). The second kappa shape index (κ2) is 6.13. The summed E-state index contributed by atoms with van der Waals surface area (Å²) in [6.07, 6.45) is 2.20. The zero-order valence-electron chi connectivity index (χ0n) is 13.3. The molecule has 2 N–H and O–H groups in total. The van der Waals surface area contributed by atoms with Crippen molar-refractivity contribution in [2.24, 2.45) is 0 Å². The Hall–Kier alpha value is -2.20. The Morgan fingerprint density at radius 1 is 1.22 bits per heavy atom. The minimum atomic E-state index is -1.28. The lowest BCUT2D eigenvalue weighted by atomic mass is 9.81. The fourth-order valence-electron chi connectivity index (χ4n) is 1.75. The summed E-state index contributed by atoms with van der Waals surface area (Å²) in [7, 11) is -0.594. The lowest BCUT2D eigenvalue weighted by Gasteiger charge is -2.32. The SMILES string of the molecule is CC1(C)OB(c2cnc(NOC(=O)CC(=O)O)nc2)OC1(C)C. The van der Waals surface area contributed by atoms with E-state index in [1.165, 1.54) is 12.4 Å². The molecule has 0 unspecified atom stereocenters. The topological polar surface area (TPSA) is 120 Å². The third kappa shape index (κ3) is 3.96. The molecule has 0 atom stereocenters. The molecule has 1 aliphatic heterocycles. The van der Waals surface area contributed by atoms with Crippen molar-refractivity contribution in [3.63, 3.8) is 0 Å². The first-order valence-corrected chi connectivity index (χ1v) is 6.96. The van der Waals surface area contributed by atoms with E-state index in [0.717, 1.165) is 0 Å². The van der Waals surface area contributed by atoms with E-state index in [1.54, 1.807) is 0 Å². The van der Waals surface area contributed by atoms with Crippen LogP contribution in [0.1, 0.15) is 34.1 Å². The highest BCUT2D eigenvalue weighted by atomic mass is 16.7. The summed E-state index contributed by atoms with van der Waals surface area (Å²) in [5.74, 6) is -2.21. The van der Waals surface area contributed by atoms with Gasteiger partial charge in [0.2, 0.25) is 0 Å². The number of hydrogen-bond donors (Lipinski definition) is 2. The van der Waals surface area contributed by atoms with Gasteiger partial charge in [-0.05, 0) is 27.7 Å². The zero-order valence-corrected chi connectivity index (χ0v) is 13.3. The molecule has 0 radical (unpaired) electrons. The molecular formula is C13H18BN3O6. The van der Waals surface area contributed by atoms with Gasteiger partial charge in [0.1, 0.15) is 6.42 Å². The molecule has 0 aromatic carbocycles. The highest BCUT2D eigenvalue weighted by Crippen LogP contribution is 2.36. The third-order valence-electron chi connectivity index (χ3n) is 3.75. The van der Waals surface area contributed by atoms with Crippen molar-refractivity contribution in [1.82, 2.24) is 9.97 Å². The maximum atomic E-state index is 11.1. The van der Waals surface area contributed by atoms with Gasteiger partial charge in [-0.3, -0.25) is 4.79 Å². The van der Waals surface area contributed by atoms with Crippen LogP contribution in [0.2, 0.25) is 0 Å². The summed E-state index contributed by atoms with van der Waals surface area (Å²) in [5, 5.41) is 8.44. The van der Waals surface area contributed by atoms with Gasteiger partial charge in [-0.15, -0.1) is 0 Å². The summed E-state index contributed by atoms with van der Waals surface area (Å²) >= 11 is 0. The second-order valence-electron chi connectivity index (χ2n) is 6.07. The monoisotopic (exact) mass is 323 g/mol. The molecule has 10 heteroatoms. The van der Waals surface area contributed by atoms with E-state index in [-0.39, 0.29) is 5.95 Å². The van der Waals surface area contributed by atoms with Crippen LogP contribution in [0.15, 0.2) is 12.4 Å². The largest absolute Gasteiger partial charge is 0.498 e. The number of carbonyl (C=O) groups excluding carboxylic acids is 1. The summed E-state index contributed by atoms with van der Waals surface area (Å²) in [6.45, 7) is 7.74. The molecule has 0 amide bonds. The van der Waals surface area contributed by atoms with Crippen LogP contribution in [-0.2, 0) is 23.7 Å². The summed E-state index contributed by atoms with van der Waals surface area (Å²) in [5.41, 5.74) is 1.86. The molecule has 1 aliphatic rings. The van der Waals surface area contributed by atoms with Crippen molar-refractivity contribution in [2.45, 2.75) is 45.3 Å². The average Bonchev–Trinajstić information content (AvgIpc) is 2.65.